The van der Waals surface area contributed by atoms with E-state index in [2.05, 4.69) is 9.88 Å². The molecule has 2 rings (SSSR count). The second-order valence-electron chi connectivity index (χ2n) is 4.43. The van der Waals surface area contributed by atoms with Crippen LogP contribution in [0.4, 0.5) is 5.82 Å². The Morgan fingerprint density at radius 2 is 2.22 bits per heavy atom. The quantitative estimate of drug-likeness (QED) is 0.911. The van der Waals surface area contributed by atoms with Crippen LogP contribution in [0.2, 0.25) is 5.02 Å². The molecule has 1 aromatic heterocycles. The Labute approximate surface area is 113 Å². The molecule has 0 amide bonds. The van der Waals surface area contributed by atoms with Crippen LogP contribution in [-0.2, 0) is 11.3 Å². The molecule has 1 saturated heterocycles. The molecule has 5 heteroatoms. The van der Waals surface area contributed by atoms with Gasteiger partial charge in [-0.3, -0.25) is 0 Å². The van der Waals surface area contributed by atoms with Crippen LogP contribution in [0.1, 0.15) is 25.3 Å². The average Bonchev–Trinajstić information content (AvgIpc) is 2.41. The summed E-state index contributed by atoms with van der Waals surface area (Å²) < 4.78 is 5.62. The molecule has 0 unspecified atom stereocenters. The Hall–Kier alpha value is -0.840. The fourth-order valence-corrected chi connectivity index (χ4v) is 2.41. The van der Waals surface area contributed by atoms with Gasteiger partial charge in [0.2, 0.25) is 0 Å². The summed E-state index contributed by atoms with van der Waals surface area (Å²) in [4.78, 5) is 6.54. The van der Waals surface area contributed by atoms with E-state index in [9.17, 15) is 5.11 Å². The van der Waals surface area contributed by atoms with Crippen LogP contribution in [0.15, 0.2) is 12.3 Å². The predicted molar refractivity (Wildman–Crippen MR) is 72.0 cm³/mol. The molecule has 0 aromatic carbocycles. The third-order valence-corrected chi connectivity index (χ3v) is 3.60. The Morgan fingerprint density at radius 3 is 2.83 bits per heavy atom. The van der Waals surface area contributed by atoms with Crippen LogP contribution in [0.25, 0.3) is 0 Å². The van der Waals surface area contributed by atoms with Crippen molar-refractivity contribution in [3.8, 4) is 0 Å². The zero-order chi connectivity index (χ0) is 13.0. The topological polar surface area (TPSA) is 45.6 Å². The summed E-state index contributed by atoms with van der Waals surface area (Å²) >= 11 is 5.94. The van der Waals surface area contributed by atoms with Crippen molar-refractivity contribution in [1.29, 1.82) is 0 Å². The number of aliphatic hydroxyl groups excluding tert-OH is 1. The molecule has 1 aliphatic rings. The summed E-state index contributed by atoms with van der Waals surface area (Å²) in [6.07, 6.45) is 4.02. The number of pyridine rings is 1. The van der Waals surface area contributed by atoms with E-state index in [-0.39, 0.29) is 6.61 Å². The van der Waals surface area contributed by atoms with Crippen LogP contribution >= 0.6 is 11.6 Å². The van der Waals surface area contributed by atoms with E-state index in [4.69, 9.17) is 16.3 Å². The number of rotatable bonds is 4. The van der Waals surface area contributed by atoms with Crippen LogP contribution in [0.3, 0.4) is 0 Å². The highest BCUT2D eigenvalue weighted by atomic mass is 35.5. The minimum absolute atomic E-state index is 0.0518. The number of hydrogen-bond acceptors (Lipinski definition) is 4. The highest BCUT2D eigenvalue weighted by Gasteiger charge is 2.20. The Kier molecular flexibility index (Phi) is 4.80. The molecule has 0 saturated carbocycles. The maximum absolute atomic E-state index is 9.20. The summed E-state index contributed by atoms with van der Waals surface area (Å²) in [5.74, 6) is 0.887. The minimum atomic E-state index is -0.0518. The molecule has 100 valence electrons. The fourth-order valence-electron chi connectivity index (χ4n) is 2.25. The fraction of sp³-hybridized carbons (Fsp3) is 0.615. The van der Waals surface area contributed by atoms with Crippen molar-refractivity contribution in [3.63, 3.8) is 0 Å². The molecular formula is C13H19ClN2O2. The number of ether oxygens (including phenoxy) is 1. The third-order valence-electron chi connectivity index (χ3n) is 3.26. The van der Waals surface area contributed by atoms with Crippen LogP contribution in [0, 0.1) is 0 Å². The molecule has 1 N–H and O–H groups in total. The number of aromatic nitrogens is 1. The van der Waals surface area contributed by atoms with E-state index >= 15 is 0 Å². The molecule has 0 radical (unpaired) electrons. The van der Waals surface area contributed by atoms with Crippen LogP contribution < -0.4 is 4.90 Å². The largest absolute Gasteiger partial charge is 0.392 e. The van der Waals surface area contributed by atoms with Crippen molar-refractivity contribution >= 4 is 17.4 Å². The standard InChI is InChI=1S/C13H19ClN2O2/c1-2-18-11-3-5-16(6-4-11)13-7-10(9-17)12(14)8-15-13/h7-8,11,17H,2-6,9H2,1H3. The minimum Gasteiger partial charge on any atom is -0.392 e. The van der Waals surface area contributed by atoms with Gasteiger partial charge in [0.15, 0.2) is 0 Å². The van der Waals surface area contributed by atoms with Crippen LogP contribution in [-0.4, -0.2) is 35.9 Å². The number of halogens is 1. The van der Waals surface area contributed by atoms with E-state index in [1.807, 2.05) is 13.0 Å². The van der Waals surface area contributed by atoms with Gasteiger partial charge in [0.25, 0.3) is 0 Å². The summed E-state index contributed by atoms with van der Waals surface area (Å²) in [5, 5.41) is 9.72. The summed E-state index contributed by atoms with van der Waals surface area (Å²) in [6, 6.07) is 1.86. The first-order valence-corrected chi connectivity index (χ1v) is 6.74. The lowest BCUT2D eigenvalue weighted by molar-refractivity contribution is 0.0458. The lowest BCUT2D eigenvalue weighted by atomic mass is 10.1. The van der Waals surface area contributed by atoms with Crippen molar-refractivity contribution in [2.45, 2.75) is 32.5 Å². The Morgan fingerprint density at radius 1 is 1.50 bits per heavy atom. The van der Waals surface area contributed by atoms with Gasteiger partial charge >= 0.3 is 0 Å². The summed E-state index contributed by atoms with van der Waals surface area (Å²) in [6.45, 7) is 4.62. The highest BCUT2D eigenvalue weighted by molar-refractivity contribution is 6.31. The van der Waals surface area contributed by atoms with Gasteiger partial charge < -0.3 is 14.7 Å². The number of hydrogen-bond donors (Lipinski definition) is 1. The van der Waals surface area contributed by atoms with Crippen molar-refractivity contribution in [3.05, 3.63) is 22.8 Å². The average molecular weight is 271 g/mol. The first kappa shape index (κ1) is 13.6. The number of anilines is 1. The lowest BCUT2D eigenvalue weighted by Gasteiger charge is -2.32. The van der Waals surface area contributed by atoms with E-state index in [0.29, 0.717) is 11.1 Å². The van der Waals surface area contributed by atoms with Crippen molar-refractivity contribution in [1.82, 2.24) is 4.98 Å². The first-order chi connectivity index (χ1) is 8.74. The maximum atomic E-state index is 9.20. The van der Waals surface area contributed by atoms with E-state index in [1.165, 1.54) is 0 Å². The van der Waals surface area contributed by atoms with Gasteiger partial charge in [-0.2, -0.15) is 0 Å². The summed E-state index contributed by atoms with van der Waals surface area (Å²) in [5.41, 5.74) is 0.730. The van der Waals surface area contributed by atoms with Gasteiger partial charge in [0, 0.05) is 31.5 Å². The first-order valence-electron chi connectivity index (χ1n) is 6.36. The molecule has 2 heterocycles. The van der Waals surface area contributed by atoms with Gasteiger partial charge in [0.05, 0.1) is 17.7 Å². The molecule has 0 bridgehead atoms. The van der Waals surface area contributed by atoms with E-state index in [0.717, 1.165) is 43.9 Å². The Balaban J connectivity index is 2.01. The number of piperidine rings is 1. The molecule has 0 atom stereocenters. The van der Waals surface area contributed by atoms with Gasteiger partial charge in [-0.15, -0.1) is 0 Å². The second kappa shape index (κ2) is 6.36. The molecule has 0 aliphatic carbocycles. The molecule has 18 heavy (non-hydrogen) atoms. The van der Waals surface area contributed by atoms with Gasteiger partial charge in [0.1, 0.15) is 5.82 Å². The predicted octanol–water partition coefficient (Wildman–Crippen LogP) is 2.23. The molecule has 1 fully saturated rings. The van der Waals surface area contributed by atoms with Crippen molar-refractivity contribution in [2.75, 3.05) is 24.6 Å². The smallest absolute Gasteiger partial charge is 0.128 e. The van der Waals surface area contributed by atoms with Gasteiger partial charge in [-0.05, 0) is 25.8 Å². The zero-order valence-corrected chi connectivity index (χ0v) is 11.4. The molecule has 1 aromatic rings. The third kappa shape index (κ3) is 3.13. The lowest BCUT2D eigenvalue weighted by Crippen LogP contribution is -2.37. The summed E-state index contributed by atoms with van der Waals surface area (Å²) in [7, 11) is 0. The number of nitrogens with zero attached hydrogens (tertiary/aromatic N) is 2. The SMILES string of the molecule is CCOC1CCN(c2cc(CO)c(Cl)cn2)CC1. The second-order valence-corrected chi connectivity index (χ2v) is 4.84. The molecule has 1 aliphatic heterocycles. The maximum Gasteiger partial charge on any atom is 0.128 e. The van der Waals surface area contributed by atoms with Gasteiger partial charge in [-0.25, -0.2) is 4.98 Å². The normalized spacial score (nSPS) is 17.2. The van der Waals surface area contributed by atoms with E-state index in [1.54, 1.807) is 6.20 Å². The highest BCUT2D eigenvalue weighted by Crippen LogP contribution is 2.23. The molecule has 0 spiro atoms. The van der Waals surface area contributed by atoms with Crippen LogP contribution in [0.5, 0.6) is 0 Å². The molecular weight excluding hydrogens is 252 g/mol. The monoisotopic (exact) mass is 270 g/mol. The Bertz CT molecular complexity index is 393. The molecule has 4 nitrogen and oxygen atoms in total. The van der Waals surface area contributed by atoms with Crippen molar-refractivity contribution < 1.29 is 9.84 Å². The van der Waals surface area contributed by atoms with E-state index < -0.39 is 0 Å². The zero-order valence-electron chi connectivity index (χ0n) is 10.6. The van der Waals surface area contributed by atoms with Gasteiger partial charge in [-0.1, -0.05) is 11.6 Å². The number of aliphatic hydroxyl groups is 1. The van der Waals surface area contributed by atoms with Crippen molar-refractivity contribution in [2.24, 2.45) is 0 Å².